The topological polar surface area (TPSA) is 36.4 Å². The Morgan fingerprint density at radius 1 is 1.04 bits per heavy atom. The number of amides is 1. The van der Waals surface area contributed by atoms with Gasteiger partial charge in [-0.15, -0.1) is 0 Å². The van der Waals surface area contributed by atoms with Crippen molar-refractivity contribution < 1.29 is 4.79 Å². The predicted molar refractivity (Wildman–Crippen MR) is 106 cm³/mol. The van der Waals surface area contributed by atoms with Crippen LogP contribution in [0.5, 0.6) is 0 Å². The molecule has 0 unspecified atom stereocenters. The highest BCUT2D eigenvalue weighted by Crippen LogP contribution is 2.29. The van der Waals surface area contributed by atoms with Crippen molar-refractivity contribution in [3.63, 3.8) is 0 Å². The number of aryl methyl sites for hydroxylation is 1. The van der Waals surface area contributed by atoms with E-state index >= 15 is 0 Å². The van der Waals surface area contributed by atoms with Crippen molar-refractivity contribution in [2.45, 2.75) is 39.0 Å². The first-order valence-electron chi connectivity index (χ1n) is 9.47. The van der Waals surface area contributed by atoms with Crippen molar-refractivity contribution >= 4 is 11.7 Å². The number of benzene rings is 1. The molecule has 0 radical (unpaired) electrons. The average Bonchev–Trinajstić information content (AvgIpc) is 2.67. The Bertz CT molecular complexity index is 717. The lowest BCUT2D eigenvalue weighted by molar-refractivity contribution is -0.131. The zero-order chi connectivity index (χ0) is 18.6. The van der Waals surface area contributed by atoms with Gasteiger partial charge in [0.2, 0.25) is 5.91 Å². The number of rotatable bonds is 5. The van der Waals surface area contributed by atoms with Gasteiger partial charge in [-0.2, -0.15) is 0 Å². The van der Waals surface area contributed by atoms with Gasteiger partial charge in [0.25, 0.3) is 0 Å². The Balaban J connectivity index is 1.50. The first kappa shape index (κ1) is 18.4. The minimum atomic E-state index is 0.0130. The van der Waals surface area contributed by atoms with E-state index in [9.17, 15) is 4.79 Å². The van der Waals surface area contributed by atoms with E-state index in [0.29, 0.717) is 6.42 Å². The van der Waals surface area contributed by atoms with Crippen LogP contribution in [0.3, 0.4) is 0 Å². The third kappa shape index (κ3) is 4.43. The van der Waals surface area contributed by atoms with Crippen molar-refractivity contribution in [3.05, 3.63) is 59.8 Å². The summed E-state index contributed by atoms with van der Waals surface area (Å²) in [6.45, 7) is 9.81. The molecule has 2 aromatic rings. The van der Waals surface area contributed by atoms with Crippen LogP contribution in [0, 0.1) is 6.92 Å². The minimum absolute atomic E-state index is 0.0130. The summed E-state index contributed by atoms with van der Waals surface area (Å²) in [5, 5.41) is 0. The van der Waals surface area contributed by atoms with Gasteiger partial charge in [0, 0.05) is 38.8 Å². The third-order valence-electron chi connectivity index (χ3n) is 5.40. The van der Waals surface area contributed by atoms with Gasteiger partial charge in [0.1, 0.15) is 5.82 Å². The van der Waals surface area contributed by atoms with Crippen LogP contribution >= 0.6 is 0 Å². The van der Waals surface area contributed by atoms with Crippen LogP contribution in [-0.2, 0) is 10.2 Å². The van der Waals surface area contributed by atoms with E-state index in [0.717, 1.165) is 38.4 Å². The lowest BCUT2D eigenvalue weighted by Crippen LogP contribution is -2.49. The first-order valence-corrected chi connectivity index (χ1v) is 9.47. The molecule has 1 amide bonds. The number of pyridine rings is 1. The van der Waals surface area contributed by atoms with Crippen LogP contribution in [0.4, 0.5) is 5.82 Å². The molecule has 0 bridgehead atoms. The minimum Gasteiger partial charge on any atom is -0.353 e. The van der Waals surface area contributed by atoms with Gasteiger partial charge in [0.05, 0.1) is 0 Å². The summed E-state index contributed by atoms with van der Waals surface area (Å²) < 4.78 is 0. The van der Waals surface area contributed by atoms with E-state index in [1.54, 1.807) is 0 Å². The van der Waals surface area contributed by atoms with Crippen LogP contribution in [0.25, 0.3) is 0 Å². The molecule has 3 rings (SSSR count). The molecule has 2 heterocycles. The summed E-state index contributed by atoms with van der Waals surface area (Å²) in [5.41, 5.74) is 2.58. The molecule has 4 heteroatoms. The van der Waals surface area contributed by atoms with E-state index in [4.69, 9.17) is 0 Å². The summed E-state index contributed by atoms with van der Waals surface area (Å²) >= 11 is 0. The number of hydrogen-bond acceptors (Lipinski definition) is 3. The summed E-state index contributed by atoms with van der Waals surface area (Å²) in [6, 6.07) is 14.6. The van der Waals surface area contributed by atoms with Gasteiger partial charge >= 0.3 is 0 Å². The smallest absolute Gasteiger partial charge is 0.222 e. The zero-order valence-corrected chi connectivity index (χ0v) is 16.1. The summed E-state index contributed by atoms with van der Waals surface area (Å²) in [4.78, 5) is 21.3. The molecule has 26 heavy (non-hydrogen) atoms. The molecular formula is C22H29N3O. The van der Waals surface area contributed by atoms with Gasteiger partial charge in [-0.1, -0.05) is 49.7 Å². The van der Waals surface area contributed by atoms with Gasteiger partial charge in [-0.05, 0) is 36.5 Å². The maximum absolute atomic E-state index is 12.7. The summed E-state index contributed by atoms with van der Waals surface area (Å²) in [7, 11) is 0. The van der Waals surface area contributed by atoms with E-state index in [2.05, 4.69) is 54.9 Å². The second-order valence-corrected chi connectivity index (χ2v) is 7.81. The monoisotopic (exact) mass is 351 g/mol. The highest BCUT2D eigenvalue weighted by molar-refractivity contribution is 5.76. The number of aromatic nitrogens is 1. The maximum atomic E-state index is 12.7. The van der Waals surface area contributed by atoms with E-state index in [1.165, 1.54) is 11.1 Å². The number of carbonyl (C=O) groups excluding carboxylic acids is 1. The molecule has 1 aromatic heterocycles. The number of nitrogens with zero attached hydrogens (tertiary/aromatic N) is 3. The average molecular weight is 351 g/mol. The van der Waals surface area contributed by atoms with Crippen molar-refractivity contribution in [2.75, 3.05) is 31.1 Å². The van der Waals surface area contributed by atoms with Crippen molar-refractivity contribution in [1.29, 1.82) is 0 Å². The fourth-order valence-corrected chi connectivity index (χ4v) is 3.45. The molecule has 0 saturated carbocycles. The van der Waals surface area contributed by atoms with E-state index in [-0.39, 0.29) is 11.3 Å². The fourth-order valence-electron chi connectivity index (χ4n) is 3.45. The van der Waals surface area contributed by atoms with Crippen molar-refractivity contribution in [3.8, 4) is 0 Å². The van der Waals surface area contributed by atoms with Gasteiger partial charge in [-0.3, -0.25) is 4.79 Å². The lowest BCUT2D eigenvalue weighted by atomic mass is 9.80. The molecule has 1 aliphatic rings. The Labute approximate surface area is 156 Å². The largest absolute Gasteiger partial charge is 0.353 e. The Morgan fingerprint density at radius 2 is 1.73 bits per heavy atom. The fraction of sp³-hybridized carbons (Fsp3) is 0.455. The Morgan fingerprint density at radius 3 is 2.35 bits per heavy atom. The highest BCUT2D eigenvalue weighted by atomic mass is 16.2. The second kappa shape index (κ2) is 7.90. The van der Waals surface area contributed by atoms with Crippen LogP contribution in [0.2, 0.25) is 0 Å². The predicted octanol–water partition coefficient (Wildman–Crippen LogP) is 3.80. The molecule has 0 atom stereocenters. The summed E-state index contributed by atoms with van der Waals surface area (Å²) in [5.74, 6) is 1.27. The van der Waals surface area contributed by atoms with Gasteiger partial charge in [-0.25, -0.2) is 4.98 Å². The lowest BCUT2D eigenvalue weighted by Gasteiger charge is -2.36. The third-order valence-corrected chi connectivity index (χ3v) is 5.40. The van der Waals surface area contributed by atoms with Gasteiger partial charge < -0.3 is 9.80 Å². The van der Waals surface area contributed by atoms with E-state index in [1.807, 2.05) is 29.3 Å². The van der Waals surface area contributed by atoms with Crippen LogP contribution < -0.4 is 4.90 Å². The number of anilines is 1. The molecule has 1 aromatic carbocycles. The van der Waals surface area contributed by atoms with E-state index < -0.39 is 0 Å². The second-order valence-electron chi connectivity index (χ2n) is 7.81. The van der Waals surface area contributed by atoms with Crippen molar-refractivity contribution in [2.24, 2.45) is 0 Å². The SMILES string of the molecule is Cc1ccc(C(C)(C)CCC(=O)N2CCN(c3ccccn3)CC2)cc1. The van der Waals surface area contributed by atoms with Crippen molar-refractivity contribution in [1.82, 2.24) is 9.88 Å². The standard InChI is InChI=1S/C22H29N3O/c1-18-7-9-19(10-8-18)22(2,3)12-11-21(26)25-16-14-24(15-17-25)20-6-4-5-13-23-20/h4-10,13H,11-12,14-17H2,1-3H3. The van der Waals surface area contributed by atoms with Crippen LogP contribution in [-0.4, -0.2) is 42.0 Å². The molecule has 0 N–H and O–H groups in total. The number of hydrogen-bond donors (Lipinski definition) is 0. The molecule has 138 valence electrons. The Kier molecular flexibility index (Phi) is 5.60. The molecule has 1 fully saturated rings. The molecule has 1 saturated heterocycles. The number of carbonyl (C=O) groups is 1. The quantitative estimate of drug-likeness (QED) is 0.822. The Hall–Kier alpha value is -2.36. The zero-order valence-electron chi connectivity index (χ0n) is 16.1. The molecule has 0 aliphatic carbocycles. The maximum Gasteiger partial charge on any atom is 0.222 e. The first-order chi connectivity index (χ1) is 12.5. The highest BCUT2D eigenvalue weighted by Gasteiger charge is 2.25. The molecule has 0 spiro atoms. The molecular weight excluding hydrogens is 322 g/mol. The summed E-state index contributed by atoms with van der Waals surface area (Å²) in [6.07, 6.45) is 3.29. The van der Waals surface area contributed by atoms with Gasteiger partial charge in [0.15, 0.2) is 0 Å². The van der Waals surface area contributed by atoms with Crippen LogP contribution in [0.15, 0.2) is 48.7 Å². The molecule has 4 nitrogen and oxygen atoms in total. The molecule has 1 aliphatic heterocycles. The van der Waals surface area contributed by atoms with Crippen LogP contribution in [0.1, 0.15) is 37.8 Å². The number of piperazine rings is 1. The normalized spacial score (nSPS) is 15.2.